The number of carboxylic acid groups (broad SMARTS) is 1. The number of nitrogens with one attached hydrogen (secondary N) is 1. The summed E-state index contributed by atoms with van der Waals surface area (Å²) in [4.78, 5) is 15.0. The molecule has 20 heavy (non-hydrogen) atoms. The van der Waals surface area contributed by atoms with Crippen LogP contribution in [0.5, 0.6) is 0 Å². The molecule has 0 aliphatic carbocycles. The highest BCUT2D eigenvalue weighted by atomic mass is 35.5. The van der Waals surface area contributed by atoms with Gasteiger partial charge in [0.05, 0.1) is 5.02 Å². The summed E-state index contributed by atoms with van der Waals surface area (Å²) >= 11 is 5.84. The zero-order valence-electron chi connectivity index (χ0n) is 10.5. The van der Waals surface area contributed by atoms with Crippen LogP contribution in [-0.2, 0) is 15.0 Å². The standard InChI is InChI=1S/C11H14ClN3O4S/c12-8-4-3-6-13-10(8)14-20(18,19)15-7-2-1-5-9(15)11(16)17/h3-4,6,9H,1-2,5,7H2,(H,13,14)(H,16,17). The number of halogens is 1. The number of hydrogen-bond donors (Lipinski definition) is 2. The molecular formula is C11H14ClN3O4S. The number of aliphatic carboxylic acids is 1. The first kappa shape index (κ1) is 15.0. The number of anilines is 1. The first-order valence-corrected chi connectivity index (χ1v) is 7.86. The molecule has 1 aromatic rings. The predicted molar refractivity (Wildman–Crippen MR) is 73.8 cm³/mol. The van der Waals surface area contributed by atoms with Gasteiger partial charge in [-0.1, -0.05) is 11.6 Å². The quantitative estimate of drug-likeness (QED) is 0.872. The van der Waals surface area contributed by atoms with E-state index in [9.17, 15) is 13.2 Å². The molecule has 1 aliphatic heterocycles. The summed E-state index contributed by atoms with van der Waals surface area (Å²) in [7, 11) is -4.00. The van der Waals surface area contributed by atoms with Gasteiger partial charge in [0, 0.05) is 12.7 Å². The van der Waals surface area contributed by atoms with Gasteiger partial charge in [-0.05, 0) is 31.4 Å². The largest absolute Gasteiger partial charge is 0.480 e. The van der Waals surface area contributed by atoms with Crippen molar-refractivity contribution < 1.29 is 18.3 Å². The lowest BCUT2D eigenvalue weighted by Crippen LogP contribution is -2.50. The van der Waals surface area contributed by atoms with E-state index in [1.165, 1.54) is 12.3 Å². The van der Waals surface area contributed by atoms with Crippen molar-refractivity contribution in [1.82, 2.24) is 9.29 Å². The Bertz CT molecular complexity index is 607. The van der Waals surface area contributed by atoms with Crippen molar-refractivity contribution in [3.05, 3.63) is 23.4 Å². The van der Waals surface area contributed by atoms with E-state index in [-0.39, 0.29) is 17.4 Å². The molecule has 0 aromatic carbocycles. The molecule has 1 fully saturated rings. The van der Waals surface area contributed by atoms with Crippen LogP contribution in [0.25, 0.3) is 0 Å². The zero-order chi connectivity index (χ0) is 14.8. The Morgan fingerprint density at radius 2 is 2.25 bits per heavy atom. The minimum atomic E-state index is -4.00. The second-order valence-corrected chi connectivity index (χ2v) is 6.43. The molecule has 0 radical (unpaired) electrons. The smallest absolute Gasteiger partial charge is 0.322 e. The molecule has 0 saturated carbocycles. The molecule has 0 amide bonds. The van der Waals surface area contributed by atoms with Gasteiger partial charge in [0.2, 0.25) is 0 Å². The van der Waals surface area contributed by atoms with Crippen LogP contribution in [0.1, 0.15) is 19.3 Å². The Labute approximate surface area is 121 Å². The van der Waals surface area contributed by atoms with Gasteiger partial charge in [0.15, 0.2) is 5.82 Å². The van der Waals surface area contributed by atoms with E-state index < -0.39 is 22.2 Å². The summed E-state index contributed by atoms with van der Waals surface area (Å²) in [6, 6.07) is 2.02. The highest BCUT2D eigenvalue weighted by Gasteiger charge is 2.37. The first-order valence-electron chi connectivity index (χ1n) is 6.05. The fourth-order valence-corrected chi connectivity index (χ4v) is 3.73. The fraction of sp³-hybridized carbons (Fsp3) is 0.455. The van der Waals surface area contributed by atoms with Crippen LogP contribution in [0.4, 0.5) is 5.82 Å². The summed E-state index contributed by atoms with van der Waals surface area (Å²) < 4.78 is 27.7. The number of hydrogen-bond acceptors (Lipinski definition) is 4. The maximum absolute atomic E-state index is 12.3. The van der Waals surface area contributed by atoms with Crippen LogP contribution in [0.3, 0.4) is 0 Å². The second-order valence-electron chi connectivity index (χ2n) is 4.40. The molecular weight excluding hydrogens is 306 g/mol. The molecule has 0 bridgehead atoms. The molecule has 110 valence electrons. The van der Waals surface area contributed by atoms with Gasteiger partial charge in [0.1, 0.15) is 6.04 Å². The molecule has 1 aromatic heterocycles. The zero-order valence-corrected chi connectivity index (χ0v) is 12.1. The van der Waals surface area contributed by atoms with E-state index in [0.29, 0.717) is 19.3 Å². The lowest BCUT2D eigenvalue weighted by molar-refractivity contribution is -0.142. The third kappa shape index (κ3) is 3.20. The van der Waals surface area contributed by atoms with Gasteiger partial charge in [-0.25, -0.2) is 4.98 Å². The minimum Gasteiger partial charge on any atom is -0.480 e. The highest BCUT2D eigenvalue weighted by molar-refractivity contribution is 7.90. The Kier molecular flexibility index (Phi) is 4.46. The first-order chi connectivity index (χ1) is 9.42. The highest BCUT2D eigenvalue weighted by Crippen LogP contribution is 2.24. The Balaban J connectivity index is 2.25. The van der Waals surface area contributed by atoms with Crippen LogP contribution < -0.4 is 4.72 Å². The minimum absolute atomic E-state index is 0.0103. The van der Waals surface area contributed by atoms with Crippen LogP contribution >= 0.6 is 11.6 Å². The van der Waals surface area contributed by atoms with E-state index in [2.05, 4.69) is 9.71 Å². The van der Waals surface area contributed by atoms with Gasteiger partial charge in [0.25, 0.3) is 0 Å². The number of carbonyl (C=O) groups is 1. The van der Waals surface area contributed by atoms with Crippen molar-refractivity contribution in [2.45, 2.75) is 25.3 Å². The van der Waals surface area contributed by atoms with Crippen molar-refractivity contribution in [3.8, 4) is 0 Å². The molecule has 2 N–H and O–H groups in total. The monoisotopic (exact) mass is 319 g/mol. The van der Waals surface area contributed by atoms with Gasteiger partial charge in [-0.3, -0.25) is 9.52 Å². The summed E-state index contributed by atoms with van der Waals surface area (Å²) in [6.45, 7) is 0.163. The SMILES string of the molecule is O=C(O)C1CCCCN1S(=O)(=O)Nc1ncccc1Cl. The molecule has 2 heterocycles. The molecule has 9 heteroatoms. The normalized spacial score (nSPS) is 20.6. The molecule has 2 rings (SSSR count). The molecule has 0 spiro atoms. The maximum Gasteiger partial charge on any atom is 0.322 e. The van der Waals surface area contributed by atoms with Gasteiger partial charge < -0.3 is 5.11 Å². The summed E-state index contributed by atoms with van der Waals surface area (Å²) in [5.74, 6) is -1.16. The van der Waals surface area contributed by atoms with Crippen LogP contribution in [0, 0.1) is 0 Å². The van der Waals surface area contributed by atoms with Crippen LogP contribution in [0.2, 0.25) is 5.02 Å². The van der Waals surface area contributed by atoms with Crippen molar-refractivity contribution in [3.63, 3.8) is 0 Å². The van der Waals surface area contributed by atoms with E-state index in [1.807, 2.05) is 0 Å². The summed E-state index contributed by atoms with van der Waals surface area (Å²) in [5.41, 5.74) is 0. The third-order valence-electron chi connectivity index (χ3n) is 3.03. The van der Waals surface area contributed by atoms with Crippen molar-refractivity contribution in [2.24, 2.45) is 0 Å². The summed E-state index contributed by atoms with van der Waals surface area (Å²) in [6.07, 6.45) is 3.01. The van der Waals surface area contributed by atoms with Gasteiger partial charge in [-0.15, -0.1) is 0 Å². The van der Waals surface area contributed by atoms with Gasteiger partial charge in [-0.2, -0.15) is 12.7 Å². The number of rotatable bonds is 4. The molecule has 1 atom stereocenters. The van der Waals surface area contributed by atoms with Gasteiger partial charge >= 0.3 is 16.2 Å². The van der Waals surface area contributed by atoms with Crippen LogP contribution in [-0.4, -0.2) is 41.4 Å². The third-order valence-corrected chi connectivity index (χ3v) is 4.84. The van der Waals surface area contributed by atoms with Crippen molar-refractivity contribution >= 4 is 33.6 Å². The molecule has 1 saturated heterocycles. The lowest BCUT2D eigenvalue weighted by Gasteiger charge is -2.31. The second kappa shape index (κ2) is 5.94. The van der Waals surface area contributed by atoms with Crippen molar-refractivity contribution in [2.75, 3.05) is 11.3 Å². The topological polar surface area (TPSA) is 99.6 Å². The van der Waals surface area contributed by atoms with E-state index in [1.54, 1.807) is 6.07 Å². The van der Waals surface area contributed by atoms with Crippen LogP contribution in [0.15, 0.2) is 18.3 Å². The van der Waals surface area contributed by atoms with E-state index in [0.717, 1.165) is 4.31 Å². The lowest BCUT2D eigenvalue weighted by atomic mass is 10.1. The number of piperidine rings is 1. The number of pyridine rings is 1. The molecule has 7 nitrogen and oxygen atoms in total. The summed E-state index contributed by atoms with van der Waals surface area (Å²) in [5, 5.41) is 9.27. The maximum atomic E-state index is 12.3. The average molecular weight is 320 g/mol. The molecule has 1 aliphatic rings. The number of carboxylic acids is 1. The number of aromatic nitrogens is 1. The Hall–Kier alpha value is -1.38. The predicted octanol–water partition coefficient (Wildman–Crippen LogP) is 1.33. The fourth-order valence-electron chi connectivity index (χ4n) is 2.08. The Morgan fingerprint density at radius 3 is 2.90 bits per heavy atom. The van der Waals surface area contributed by atoms with Crippen molar-refractivity contribution in [1.29, 1.82) is 0 Å². The average Bonchev–Trinajstić information content (AvgIpc) is 2.41. The van der Waals surface area contributed by atoms with E-state index >= 15 is 0 Å². The van der Waals surface area contributed by atoms with E-state index in [4.69, 9.17) is 16.7 Å². The number of nitrogens with zero attached hydrogens (tertiary/aromatic N) is 2. The Morgan fingerprint density at radius 1 is 1.50 bits per heavy atom. The molecule has 1 unspecified atom stereocenters.